The molecular weight excluding hydrogens is 251 g/mol. The molecule has 0 aromatic carbocycles. The lowest BCUT2D eigenvalue weighted by Gasteiger charge is -2.39. The zero-order valence-corrected chi connectivity index (χ0v) is 11.1. The SMILES string of the molecule is CCC(C(=O)O)(c1ccc(F)cn1)N(C=O)C(C)C. The van der Waals surface area contributed by atoms with Crippen LogP contribution in [0.25, 0.3) is 0 Å². The molecule has 1 N–H and O–H groups in total. The fourth-order valence-electron chi connectivity index (χ4n) is 2.14. The van der Waals surface area contributed by atoms with Crippen molar-refractivity contribution in [1.29, 1.82) is 0 Å². The highest BCUT2D eigenvalue weighted by Gasteiger charge is 2.46. The second kappa shape index (κ2) is 5.77. The summed E-state index contributed by atoms with van der Waals surface area (Å²) in [5, 5.41) is 9.56. The van der Waals surface area contributed by atoms with Crippen LogP contribution < -0.4 is 0 Å². The monoisotopic (exact) mass is 268 g/mol. The molecule has 1 rings (SSSR count). The van der Waals surface area contributed by atoms with Crippen LogP contribution in [0.4, 0.5) is 4.39 Å². The molecule has 0 aliphatic carbocycles. The second-order valence-corrected chi connectivity index (χ2v) is 4.49. The molecule has 1 amide bonds. The van der Waals surface area contributed by atoms with E-state index in [4.69, 9.17) is 0 Å². The summed E-state index contributed by atoms with van der Waals surface area (Å²) in [4.78, 5) is 28.0. The largest absolute Gasteiger partial charge is 0.479 e. The molecule has 1 unspecified atom stereocenters. The Kier molecular flexibility index (Phi) is 4.58. The smallest absolute Gasteiger partial charge is 0.335 e. The highest BCUT2D eigenvalue weighted by atomic mass is 19.1. The van der Waals surface area contributed by atoms with Gasteiger partial charge in [0.1, 0.15) is 5.82 Å². The van der Waals surface area contributed by atoms with Crippen LogP contribution >= 0.6 is 0 Å². The first-order valence-corrected chi connectivity index (χ1v) is 5.99. The molecule has 0 radical (unpaired) electrons. The van der Waals surface area contributed by atoms with Gasteiger partial charge >= 0.3 is 5.97 Å². The molecule has 1 atom stereocenters. The van der Waals surface area contributed by atoms with E-state index in [1.165, 1.54) is 11.0 Å². The fraction of sp³-hybridized carbons (Fsp3) is 0.462. The van der Waals surface area contributed by atoms with E-state index in [9.17, 15) is 19.1 Å². The van der Waals surface area contributed by atoms with Gasteiger partial charge in [-0.2, -0.15) is 0 Å². The van der Waals surface area contributed by atoms with Crippen molar-refractivity contribution in [3.05, 3.63) is 29.8 Å². The number of carbonyl (C=O) groups is 2. The van der Waals surface area contributed by atoms with Crippen LogP contribution in [-0.4, -0.2) is 33.4 Å². The zero-order chi connectivity index (χ0) is 14.6. The van der Waals surface area contributed by atoms with Gasteiger partial charge in [-0.3, -0.25) is 9.78 Å². The number of carboxylic acid groups (broad SMARTS) is 1. The number of rotatable bonds is 6. The van der Waals surface area contributed by atoms with Gasteiger partial charge in [0.05, 0.1) is 11.9 Å². The number of amides is 1. The molecule has 5 nitrogen and oxygen atoms in total. The van der Waals surface area contributed by atoms with Crippen molar-refractivity contribution >= 4 is 12.4 Å². The van der Waals surface area contributed by atoms with E-state index < -0.39 is 17.3 Å². The zero-order valence-electron chi connectivity index (χ0n) is 11.1. The molecule has 0 fully saturated rings. The summed E-state index contributed by atoms with van der Waals surface area (Å²) >= 11 is 0. The Hall–Kier alpha value is -1.98. The van der Waals surface area contributed by atoms with Gasteiger partial charge in [-0.1, -0.05) is 6.92 Å². The van der Waals surface area contributed by atoms with E-state index in [-0.39, 0.29) is 18.2 Å². The van der Waals surface area contributed by atoms with Crippen LogP contribution in [0.1, 0.15) is 32.9 Å². The van der Waals surface area contributed by atoms with E-state index in [1.807, 2.05) is 0 Å². The third-order valence-electron chi connectivity index (χ3n) is 3.13. The second-order valence-electron chi connectivity index (χ2n) is 4.49. The molecule has 0 spiro atoms. The third kappa shape index (κ3) is 2.57. The predicted molar refractivity (Wildman–Crippen MR) is 66.8 cm³/mol. The van der Waals surface area contributed by atoms with Gasteiger partial charge in [-0.05, 0) is 32.4 Å². The Labute approximate surface area is 111 Å². The molecule has 0 aliphatic rings. The summed E-state index contributed by atoms with van der Waals surface area (Å²) in [6.07, 6.45) is 1.58. The van der Waals surface area contributed by atoms with E-state index in [2.05, 4.69) is 4.98 Å². The van der Waals surface area contributed by atoms with Crippen LogP contribution in [0.15, 0.2) is 18.3 Å². The van der Waals surface area contributed by atoms with Crippen LogP contribution in [0.2, 0.25) is 0 Å². The first-order chi connectivity index (χ1) is 8.90. The minimum absolute atomic E-state index is 0.137. The average molecular weight is 268 g/mol. The first kappa shape index (κ1) is 15.1. The summed E-state index contributed by atoms with van der Waals surface area (Å²) in [5.74, 6) is -1.74. The van der Waals surface area contributed by atoms with Gasteiger partial charge in [0, 0.05) is 6.04 Å². The number of aromatic nitrogens is 1. The molecule has 1 aromatic rings. The molecule has 0 saturated carbocycles. The Bertz CT molecular complexity index is 461. The van der Waals surface area contributed by atoms with Crippen molar-refractivity contribution < 1.29 is 19.1 Å². The maximum absolute atomic E-state index is 12.9. The van der Waals surface area contributed by atoms with Crippen molar-refractivity contribution in [2.24, 2.45) is 0 Å². The van der Waals surface area contributed by atoms with Crippen LogP contribution in [0.5, 0.6) is 0 Å². The molecule has 104 valence electrons. The molecule has 1 heterocycles. The number of pyridine rings is 1. The van der Waals surface area contributed by atoms with Crippen molar-refractivity contribution in [3.8, 4) is 0 Å². The predicted octanol–water partition coefficient (Wildman–Crippen LogP) is 1.78. The van der Waals surface area contributed by atoms with Crippen LogP contribution in [-0.2, 0) is 15.1 Å². The maximum Gasteiger partial charge on any atom is 0.335 e. The van der Waals surface area contributed by atoms with Gasteiger partial charge < -0.3 is 10.0 Å². The number of aliphatic carboxylic acids is 1. The highest BCUT2D eigenvalue weighted by Crippen LogP contribution is 2.32. The number of hydrogen-bond acceptors (Lipinski definition) is 3. The van der Waals surface area contributed by atoms with Crippen LogP contribution in [0, 0.1) is 5.82 Å². The van der Waals surface area contributed by atoms with Crippen molar-refractivity contribution in [2.45, 2.75) is 38.8 Å². The minimum atomic E-state index is -1.58. The van der Waals surface area contributed by atoms with Crippen molar-refractivity contribution in [2.75, 3.05) is 0 Å². The summed E-state index contributed by atoms with van der Waals surface area (Å²) in [5.41, 5.74) is -1.44. The number of halogens is 1. The summed E-state index contributed by atoms with van der Waals surface area (Å²) in [6, 6.07) is 2.12. The van der Waals surface area contributed by atoms with Gasteiger partial charge in [-0.15, -0.1) is 0 Å². The fourth-order valence-corrected chi connectivity index (χ4v) is 2.14. The Morgan fingerprint density at radius 1 is 1.58 bits per heavy atom. The third-order valence-corrected chi connectivity index (χ3v) is 3.13. The summed E-state index contributed by atoms with van der Waals surface area (Å²) < 4.78 is 12.9. The molecule has 0 bridgehead atoms. The van der Waals surface area contributed by atoms with Gasteiger partial charge in [0.25, 0.3) is 0 Å². The lowest BCUT2D eigenvalue weighted by atomic mass is 9.88. The van der Waals surface area contributed by atoms with Gasteiger partial charge in [0.2, 0.25) is 6.41 Å². The number of nitrogens with zero attached hydrogens (tertiary/aromatic N) is 2. The van der Waals surface area contributed by atoms with Crippen molar-refractivity contribution in [3.63, 3.8) is 0 Å². The summed E-state index contributed by atoms with van der Waals surface area (Å²) in [7, 11) is 0. The lowest BCUT2D eigenvalue weighted by Crippen LogP contribution is -2.54. The Morgan fingerprint density at radius 2 is 2.21 bits per heavy atom. The molecule has 19 heavy (non-hydrogen) atoms. The molecular formula is C13H17FN2O3. The van der Waals surface area contributed by atoms with E-state index in [1.54, 1.807) is 20.8 Å². The van der Waals surface area contributed by atoms with Crippen molar-refractivity contribution in [1.82, 2.24) is 9.88 Å². The van der Waals surface area contributed by atoms with E-state index in [0.717, 1.165) is 12.3 Å². The highest BCUT2D eigenvalue weighted by molar-refractivity contribution is 5.82. The molecule has 6 heteroatoms. The summed E-state index contributed by atoms with van der Waals surface area (Å²) in [6.45, 7) is 5.08. The van der Waals surface area contributed by atoms with Crippen LogP contribution in [0.3, 0.4) is 0 Å². The quantitative estimate of drug-likeness (QED) is 0.798. The Balaban J connectivity index is 3.46. The molecule has 0 aliphatic heterocycles. The number of carboxylic acids is 1. The molecule has 0 saturated heterocycles. The minimum Gasteiger partial charge on any atom is -0.479 e. The standard InChI is InChI=1S/C13H17FN2O3/c1-4-13(12(18)19,16(8-17)9(2)3)11-6-5-10(14)7-15-11/h5-9H,4H2,1-3H3,(H,18,19). The van der Waals surface area contributed by atoms with Gasteiger partial charge in [0.15, 0.2) is 5.54 Å². The lowest BCUT2D eigenvalue weighted by molar-refractivity contribution is -0.158. The van der Waals surface area contributed by atoms with Gasteiger partial charge in [-0.25, -0.2) is 9.18 Å². The average Bonchev–Trinajstić information content (AvgIpc) is 2.36. The number of hydrogen-bond donors (Lipinski definition) is 1. The first-order valence-electron chi connectivity index (χ1n) is 5.99. The molecule has 1 aromatic heterocycles. The van der Waals surface area contributed by atoms with E-state index in [0.29, 0.717) is 6.41 Å². The van der Waals surface area contributed by atoms with E-state index >= 15 is 0 Å². The topological polar surface area (TPSA) is 70.5 Å². The number of carbonyl (C=O) groups excluding carboxylic acids is 1. The maximum atomic E-state index is 12.9. The normalized spacial score (nSPS) is 13.9. The Morgan fingerprint density at radius 3 is 2.53 bits per heavy atom.